The molecule has 0 amide bonds. The Morgan fingerprint density at radius 3 is 1.69 bits per heavy atom. The molecule has 348 valence electrons. The fourth-order valence-corrected chi connectivity index (χ4v) is 10.1. The summed E-state index contributed by atoms with van der Waals surface area (Å²) in [7, 11) is 0. The first kappa shape index (κ1) is 39.1. The highest BCUT2D eigenvalue weighted by Crippen LogP contribution is 2.38. The van der Waals surface area contributed by atoms with Crippen molar-refractivity contribution in [3.63, 3.8) is 0 Å². The van der Waals surface area contributed by atoms with Gasteiger partial charge in [0.25, 0.3) is 0 Å². The van der Waals surface area contributed by atoms with Gasteiger partial charge in [0, 0.05) is 54.9 Å². The number of benzene rings is 10. The molecule has 14 aromatic rings. The van der Waals surface area contributed by atoms with Crippen LogP contribution in [0.3, 0.4) is 0 Å². The Hall–Kier alpha value is -9.59. The number of aromatic nitrogens is 8. The number of hydrogen-bond donors (Lipinski definition) is 0. The van der Waals surface area contributed by atoms with Crippen molar-refractivity contribution in [1.29, 1.82) is 5.26 Å². The van der Waals surface area contributed by atoms with Gasteiger partial charge in [0.1, 0.15) is 0 Å². The highest BCUT2D eigenvalue weighted by Gasteiger charge is 2.19. The smallest absolute Gasteiger partial charge is 0.226 e. The van der Waals surface area contributed by atoms with E-state index in [9.17, 15) is 5.26 Å². The maximum atomic E-state index is 9.56. The topological polar surface area (TPSA) is 111 Å². The predicted octanol–water partition coefficient (Wildman–Crippen LogP) is 16.1. The summed E-state index contributed by atoms with van der Waals surface area (Å²) >= 11 is 12.8. The molecule has 0 fully saturated rings. The van der Waals surface area contributed by atoms with Gasteiger partial charge in [-0.3, -0.25) is 0 Å². The van der Waals surface area contributed by atoms with Crippen LogP contribution in [0, 0.1) is 11.3 Å². The Morgan fingerprint density at radius 2 is 0.932 bits per heavy atom. The van der Waals surface area contributed by atoms with Crippen molar-refractivity contribution in [2.24, 2.45) is 0 Å². The third kappa shape index (κ3) is 7.92. The van der Waals surface area contributed by atoms with E-state index in [1.54, 1.807) is 34.9 Å². The zero-order valence-corrected chi connectivity index (χ0v) is 40.3. The minimum absolute atomic E-state index is 0.0213. The Morgan fingerprint density at radius 1 is 0.392 bits per heavy atom. The van der Waals surface area contributed by atoms with E-state index in [2.05, 4.69) is 139 Å². The van der Waals surface area contributed by atoms with Gasteiger partial charge in [-0.1, -0.05) is 158 Å². The summed E-state index contributed by atoms with van der Waals surface area (Å²) in [4.78, 5) is 27.2. The average molecular weight is 996 g/mol. The second-order valence-electron chi connectivity index (χ2n) is 17.4. The van der Waals surface area contributed by atoms with Crippen LogP contribution in [0.5, 0.6) is 0 Å². The molecule has 4 aromatic heterocycles. The molecule has 9 nitrogen and oxygen atoms in total. The van der Waals surface area contributed by atoms with Crippen LogP contribution >= 0.6 is 23.2 Å². The quantitative estimate of drug-likeness (QED) is 0.163. The summed E-state index contributed by atoms with van der Waals surface area (Å²) in [5.74, 6) is 1.86. The van der Waals surface area contributed by atoms with Crippen molar-refractivity contribution < 1.29 is 6.85 Å². The Kier molecular flexibility index (Phi) is 9.79. The zero-order chi connectivity index (χ0) is 54.1. The van der Waals surface area contributed by atoms with Crippen LogP contribution in [0.2, 0.25) is 10.6 Å². The summed E-state index contributed by atoms with van der Waals surface area (Å²) in [6.07, 6.45) is 0. The van der Waals surface area contributed by atoms with Crippen LogP contribution in [-0.2, 0) is 0 Å². The minimum atomic E-state index is -0.468. The van der Waals surface area contributed by atoms with Gasteiger partial charge in [-0.2, -0.15) is 25.2 Å². The van der Waals surface area contributed by atoms with Gasteiger partial charge < -0.3 is 9.13 Å². The number of hydrogen-bond acceptors (Lipinski definition) is 7. The van der Waals surface area contributed by atoms with Crippen molar-refractivity contribution >= 4 is 88.4 Å². The Balaban J connectivity index is 0.000000150. The van der Waals surface area contributed by atoms with Crippen LogP contribution in [0.25, 0.3) is 122 Å². The molecule has 0 saturated carbocycles. The SMILES string of the molecule is Clc1nc(-c2ccc3c4ccccc4n(-c4cccc5ccccc45)c3c2)nc(-c2cccc3ccccc23)n1.[2H]c1c([2H])c([2H])c(-n2c3ccc(C#N)cc3c3cc(-c4nc(Cl)nc(-c5ccccc5)n4)ccc32)c([2H])c1[2H]. The normalized spacial score (nSPS) is 12.3. The van der Waals surface area contributed by atoms with Crippen LogP contribution in [0.4, 0.5) is 0 Å². The molecule has 0 bridgehead atoms. The van der Waals surface area contributed by atoms with Crippen LogP contribution in [0.15, 0.2) is 224 Å². The van der Waals surface area contributed by atoms with Crippen LogP contribution in [-0.4, -0.2) is 39.0 Å². The van der Waals surface area contributed by atoms with E-state index >= 15 is 0 Å². The van der Waals surface area contributed by atoms with Crippen LogP contribution in [0.1, 0.15) is 12.4 Å². The fourth-order valence-electron chi connectivity index (χ4n) is 9.82. The van der Waals surface area contributed by atoms with Crippen molar-refractivity contribution in [2.45, 2.75) is 0 Å². The zero-order valence-electron chi connectivity index (χ0n) is 43.8. The molecule has 11 heteroatoms. The maximum absolute atomic E-state index is 9.56. The molecule has 74 heavy (non-hydrogen) atoms. The minimum Gasteiger partial charge on any atom is -0.309 e. The van der Waals surface area contributed by atoms with E-state index in [0.29, 0.717) is 56.2 Å². The summed E-state index contributed by atoms with van der Waals surface area (Å²) in [6, 6.07) is 64.2. The van der Waals surface area contributed by atoms with E-state index in [1.165, 1.54) is 21.5 Å². The Labute approximate surface area is 440 Å². The van der Waals surface area contributed by atoms with Gasteiger partial charge in [-0.05, 0) is 106 Å². The fraction of sp³-hybridized carbons (Fsp3) is 0. The molecular formula is C63H37Cl2N9. The molecule has 0 aliphatic carbocycles. The first-order valence-corrected chi connectivity index (χ1v) is 24.2. The molecule has 4 heterocycles. The maximum Gasteiger partial charge on any atom is 0.226 e. The van der Waals surface area contributed by atoms with Gasteiger partial charge in [-0.15, -0.1) is 0 Å². The molecule has 0 atom stereocenters. The first-order chi connectivity index (χ1) is 38.5. The number of para-hydroxylation sites is 2. The van der Waals surface area contributed by atoms with E-state index in [0.717, 1.165) is 44.2 Å². The van der Waals surface area contributed by atoms with Gasteiger partial charge >= 0.3 is 0 Å². The van der Waals surface area contributed by atoms with Crippen molar-refractivity contribution in [3.8, 4) is 63.0 Å². The lowest BCUT2D eigenvalue weighted by molar-refractivity contribution is 1.07. The van der Waals surface area contributed by atoms with Gasteiger partial charge in [0.2, 0.25) is 10.6 Å². The van der Waals surface area contributed by atoms with Crippen molar-refractivity contribution in [2.75, 3.05) is 0 Å². The van der Waals surface area contributed by atoms with Gasteiger partial charge in [0.05, 0.1) is 46.2 Å². The second kappa shape index (κ2) is 18.5. The number of nitriles is 1. The molecule has 0 unspecified atom stereocenters. The molecule has 14 rings (SSSR count). The van der Waals surface area contributed by atoms with Gasteiger partial charge in [-0.25, -0.2) is 9.97 Å². The van der Waals surface area contributed by atoms with E-state index in [-0.39, 0.29) is 28.3 Å². The molecule has 0 aliphatic heterocycles. The third-order valence-corrected chi connectivity index (χ3v) is 13.4. The summed E-state index contributed by atoms with van der Waals surface area (Å²) in [5, 5.41) is 18.1. The van der Waals surface area contributed by atoms with E-state index < -0.39 is 18.1 Å². The third-order valence-electron chi connectivity index (χ3n) is 13.1. The lowest BCUT2D eigenvalue weighted by Gasteiger charge is -2.12. The highest BCUT2D eigenvalue weighted by atomic mass is 35.5. The monoisotopic (exact) mass is 994 g/mol. The number of nitrogens with zero attached hydrogens (tertiary/aromatic N) is 9. The van der Waals surface area contributed by atoms with E-state index in [4.69, 9.17) is 35.0 Å². The molecule has 10 aromatic carbocycles. The average Bonchev–Trinajstić information content (AvgIpc) is 4.19. The summed E-state index contributed by atoms with van der Waals surface area (Å²) in [6.45, 7) is 0. The molecule has 0 saturated heterocycles. The highest BCUT2D eigenvalue weighted by molar-refractivity contribution is 6.28. The molecular weight excluding hydrogens is 954 g/mol. The number of fused-ring (bicyclic) bond motifs is 8. The summed E-state index contributed by atoms with van der Waals surface area (Å²) in [5.41, 5.74) is 8.19. The van der Waals surface area contributed by atoms with E-state index in [1.807, 2.05) is 60.7 Å². The predicted molar refractivity (Wildman–Crippen MR) is 300 cm³/mol. The summed E-state index contributed by atoms with van der Waals surface area (Å²) < 4.78 is 45.4. The largest absolute Gasteiger partial charge is 0.309 e. The van der Waals surface area contributed by atoms with Crippen molar-refractivity contribution in [1.82, 2.24) is 39.0 Å². The standard InChI is InChI=1S/C35H21ClN4.C28H16ClN5/c36-35-38-33(37-34(39-35)29-16-7-11-22-9-1-3-13-25(22)29)24-19-20-28-27-15-5-6-17-31(27)40(32(28)21-24)30-18-8-12-23-10-2-4-14-26(23)30;29-28-32-26(19-7-3-1-4-8-19)31-27(33-28)20-12-14-25-23(16-20)22-15-18(17-30)11-13-24(22)34(25)21-9-5-2-6-10-21/h1-21H;1-16H/i;2D,5D,6D,9D,10D. The molecule has 0 N–H and O–H groups in total. The molecule has 0 spiro atoms. The molecule has 0 aliphatic rings. The van der Waals surface area contributed by atoms with Crippen molar-refractivity contribution in [3.05, 3.63) is 240 Å². The molecule has 0 radical (unpaired) electrons. The first-order valence-electron chi connectivity index (χ1n) is 26.0. The number of halogens is 2. The lowest BCUT2D eigenvalue weighted by Crippen LogP contribution is -1.99. The Bertz CT molecular complexity index is 4830. The number of rotatable bonds is 6. The lowest BCUT2D eigenvalue weighted by atomic mass is 10.0. The van der Waals surface area contributed by atoms with Gasteiger partial charge in [0.15, 0.2) is 23.3 Å². The second-order valence-corrected chi connectivity index (χ2v) is 18.0. The van der Waals surface area contributed by atoms with Crippen LogP contribution < -0.4 is 0 Å².